The Bertz CT molecular complexity index is 817. The molecule has 0 aliphatic rings. The van der Waals surface area contributed by atoms with Gasteiger partial charge in [0.15, 0.2) is 11.2 Å². The molecule has 0 aliphatic carbocycles. The van der Waals surface area contributed by atoms with E-state index in [4.69, 9.17) is 4.74 Å². The Balaban J connectivity index is 2.20. The molecule has 0 bridgehead atoms. The number of nitrogens with zero attached hydrogens (tertiary/aromatic N) is 2. The van der Waals surface area contributed by atoms with Gasteiger partial charge in [-0.05, 0) is 44.0 Å². The second-order valence-corrected chi connectivity index (χ2v) is 5.76. The zero-order valence-corrected chi connectivity index (χ0v) is 13.0. The highest BCUT2D eigenvalue weighted by atomic mass is 32.1. The number of fused-ring (bicyclic) bond motifs is 1. The topological polar surface area (TPSA) is 43.6 Å². The number of carbonyl (C=O) groups excluding carboxylic acids is 1. The third-order valence-electron chi connectivity index (χ3n) is 3.49. The van der Waals surface area contributed by atoms with Gasteiger partial charge in [-0.2, -0.15) is 0 Å². The summed E-state index contributed by atoms with van der Waals surface area (Å²) in [4.78, 5) is 16.9. The van der Waals surface area contributed by atoms with Gasteiger partial charge < -0.3 is 4.74 Å². The molecular weight excluding hydrogens is 284 g/mol. The second-order valence-electron chi connectivity index (χ2n) is 4.88. The van der Waals surface area contributed by atoms with Crippen molar-refractivity contribution in [1.82, 2.24) is 9.38 Å². The minimum absolute atomic E-state index is 0.595. The summed E-state index contributed by atoms with van der Waals surface area (Å²) in [5.74, 6) is 0.882. The number of benzene rings is 1. The van der Waals surface area contributed by atoms with Crippen LogP contribution in [0.15, 0.2) is 23.7 Å². The number of aryl methyl sites for hydroxylation is 2. The number of imidazole rings is 1. The van der Waals surface area contributed by atoms with Gasteiger partial charge in [0.1, 0.15) is 17.1 Å². The lowest BCUT2D eigenvalue weighted by atomic mass is 10.0. The van der Waals surface area contributed by atoms with Crippen molar-refractivity contribution in [2.24, 2.45) is 0 Å². The first-order valence-corrected chi connectivity index (χ1v) is 7.68. The number of aromatic nitrogens is 2. The average molecular weight is 300 g/mol. The van der Waals surface area contributed by atoms with Crippen LogP contribution >= 0.6 is 11.3 Å². The summed E-state index contributed by atoms with van der Waals surface area (Å²) in [6.07, 6.45) is 2.74. The van der Waals surface area contributed by atoms with Gasteiger partial charge in [0.25, 0.3) is 0 Å². The molecule has 3 rings (SSSR count). The van der Waals surface area contributed by atoms with Crippen molar-refractivity contribution < 1.29 is 9.53 Å². The Morgan fingerprint density at radius 2 is 2.14 bits per heavy atom. The van der Waals surface area contributed by atoms with Crippen molar-refractivity contribution in [3.63, 3.8) is 0 Å². The Labute approximate surface area is 127 Å². The summed E-state index contributed by atoms with van der Waals surface area (Å²) in [6.45, 7) is 6.63. The van der Waals surface area contributed by atoms with Crippen molar-refractivity contribution >= 4 is 22.6 Å². The van der Waals surface area contributed by atoms with Crippen LogP contribution in [0.3, 0.4) is 0 Å². The van der Waals surface area contributed by atoms with E-state index < -0.39 is 0 Å². The van der Waals surface area contributed by atoms with Gasteiger partial charge in [-0.1, -0.05) is 0 Å². The van der Waals surface area contributed by atoms with Gasteiger partial charge in [0, 0.05) is 17.1 Å². The highest BCUT2D eigenvalue weighted by Crippen LogP contribution is 2.32. The first-order valence-electron chi connectivity index (χ1n) is 6.80. The lowest BCUT2D eigenvalue weighted by Gasteiger charge is -2.11. The molecule has 1 aromatic carbocycles. The van der Waals surface area contributed by atoms with E-state index in [1.165, 1.54) is 11.3 Å². The van der Waals surface area contributed by atoms with E-state index in [9.17, 15) is 4.79 Å². The SMILES string of the molecule is CCOc1cc(C)c(-c2nc3sccn3c2C=O)cc1C. The summed E-state index contributed by atoms with van der Waals surface area (Å²) < 4.78 is 7.45. The third kappa shape index (κ3) is 2.23. The molecule has 0 amide bonds. The van der Waals surface area contributed by atoms with Gasteiger partial charge >= 0.3 is 0 Å². The highest BCUT2D eigenvalue weighted by Gasteiger charge is 2.17. The summed E-state index contributed by atoms with van der Waals surface area (Å²) in [6, 6.07) is 4.05. The molecule has 108 valence electrons. The molecule has 0 fully saturated rings. The summed E-state index contributed by atoms with van der Waals surface area (Å²) in [5, 5.41) is 1.93. The molecule has 21 heavy (non-hydrogen) atoms. The van der Waals surface area contributed by atoms with Gasteiger partial charge in [0.05, 0.1) is 6.61 Å². The van der Waals surface area contributed by atoms with Crippen LogP contribution in [0, 0.1) is 13.8 Å². The maximum Gasteiger partial charge on any atom is 0.194 e. The molecule has 0 radical (unpaired) electrons. The zero-order valence-electron chi connectivity index (χ0n) is 12.2. The molecule has 0 N–H and O–H groups in total. The third-order valence-corrected chi connectivity index (χ3v) is 4.24. The lowest BCUT2D eigenvalue weighted by molar-refractivity contribution is 0.111. The maximum atomic E-state index is 11.5. The summed E-state index contributed by atoms with van der Waals surface area (Å²) in [7, 11) is 0. The van der Waals surface area contributed by atoms with Crippen molar-refractivity contribution in [3.05, 3.63) is 40.5 Å². The number of hydrogen-bond donors (Lipinski definition) is 0. The lowest BCUT2D eigenvalue weighted by Crippen LogP contribution is -1.97. The predicted molar refractivity (Wildman–Crippen MR) is 84.5 cm³/mol. The summed E-state index contributed by atoms with van der Waals surface area (Å²) in [5.41, 5.74) is 4.41. The minimum Gasteiger partial charge on any atom is -0.494 e. The fraction of sp³-hybridized carbons (Fsp3) is 0.250. The first kappa shape index (κ1) is 13.8. The standard InChI is InChI=1S/C16H16N2O2S/c1-4-20-14-8-10(2)12(7-11(14)3)15-13(9-19)18-5-6-21-16(18)17-15/h5-9H,4H2,1-3H3. The van der Waals surface area contributed by atoms with Crippen LogP contribution in [0.4, 0.5) is 0 Å². The number of aldehydes is 1. The van der Waals surface area contributed by atoms with Crippen LogP contribution in [0.2, 0.25) is 0 Å². The molecule has 0 spiro atoms. The number of carbonyl (C=O) groups is 1. The van der Waals surface area contributed by atoms with Gasteiger partial charge in [-0.25, -0.2) is 4.98 Å². The van der Waals surface area contributed by atoms with Gasteiger partial charge in [0.2, 0.25) is 0 Å². The van der Waals surface area contributed by atoms with E-state index in [2.05, 4.69) is 4.98 Å². The van der Waals surface area contributed by atoms with Crippen molar-refractivity contribution in [2.45, 2.75) is 20.8 Å². The molecule has 0 aliphatic heterocycles. The molecule has 0 unspecified atom stereocenters. The molecule has 2 aromatic heterocycles. The normalized spacial score (nSPS) is 11.0. The Hall–Kier alpha value is -2.14. The van der Waals surface area contributed by atoms with Crippen molar-refractivity contribution in [1.29, 1.82) is 0 Å². The molecular formula is C16H16N2O2S. The smallest absolute Gasteiger partial charge is 0.194 e. The van der Waals surface area contributed by atoms with E-state index in [1.807, 2.05) is 48.9 Å². The van der Waals surface area contributed by atoms with Gasteiger partial charge in [-0.3, -0.25) is 9.20 Å². The van der Waals surface area contributed by atoms with Crippen LogP contribution < -0.4 is 4.74 Å². The van der Waals surface area contributed by atoms with Crippen molar-refractivity contribution in [2.75, 3.05) is 6.61 Å². The number of rotatable bonds is 4. The Morgan fingerprint density at radius 3 is 2.86 bits per heavy atom. The van der Waals surface area contributed by atoms with Crippen molar-refractivity contribution in [3.8, 4) is 17.0 Å². The highest BCUT2D eigenvalue weighted by molar-refractivity contribution is 7.15. The van der Waals surface area contributed by atoms with Crippen LogP contribution in [0.25, 0.3) is 16.2 Å². The van der Waals surface area contributed by atoms with E-state index in [0.29, 0.717) is 12.3 Å². The summed E-state index contributed by atoms with van der Waals surface area (Å²) >= 11 is 1.52. The molecule has 4 nitrogen and oxygen atoms in total. The molecule has 0 saturated heterocycles. The number of thiazole rings is 1. The average Bonchev–Trinajstić information content (AvgIpc) is 3.02. The van der Waals surface area contributed by atoms with E-state index in [-0.39, 0.29) is 0 Å². The fourth-order valence-corrected chi connectivity index (χ4v) is 3.19. The van der Waals surface area contributed by atoms with E-state index in [0.717, 1.165) is 39.4 Å². The van der Waals surface area contributed by atoms with Crippen LogP contribution in [0.1, 0.15) is 28.5 Å². The predicted octanol–water partition coefficient (Wildman–Crippen LogP) is 3.89. The van der Waals surface area contributed by atoms with Crippen LogP contribution in [-0.2, 0) is 0 Å². The van der Waals surface area contributed by atoms with Gasteiger partial charge in [-0.15, -0.1) is 11.3 Å². The number of hydrogen-bond acceptors (Lipinski definition) is 4. The van der Waals surface area contributed by atoms with Crippen LogP contribution in [0.5, 0.6) is 5.75 Å². The largest absolute Gasteiger partial charge is 0.494 e. The Kier molecular flexibility index (Phi) is 3.51. The maximum absolute atomic E-state index is 11.5. The molecule has 2 heterocycles. The number of ether oxygens (including phenoxy) is 1. The quantitative estimate of drug-likeness (QED) is 0.687. The Morgan fingerprint density at radius 1 is 1.33 bits per heavy atom. The van der Waals surface area contributed by atoms with Crippen LogP contribution in [-0.4, -0.2) is 22.3 Å². The van der Waals surface area contributed by atoms with E-state index in [1.54, 1.807) is 0 Å². The molecule has 5 heteroatoms. The molecule has 3 aromatic rings. The molecule has 0 saturated carbocycles. The fourth-order valence-electron chi connectivity index (χ4n) is 2.47. The van der Waals surface area contributed by atoms with E-state index >= 15 is 0 Å². The second kappa shape index (κ2) is 5.33. The molecule has 0 atom stereocenters. The first-order chi connectivity index (χ1) is 10.2. The minimum atomic E-state index is 0.595. The monoisotopic (exact) mass is 300 g/mol. The zero-order chi connectivity index (χ0) is 15.0.